The number of ether oxygens (including phenoxy) is 8. The highest BCUT2D eigenvalue weighted by atomic mass is 16.6. The van der Waals surface area contributed by atoms with Crippen LogP contribution in [0.1, 0.15) is 96.4 Å². The average Bonchev–Trinajstić information content (AvgIpc) is 3.59. The molecular formula is C45H53NO15. The Kier molecular flexibility index (Phi) is 12.0. The molecule has 16 heteroatoms. The summed E-state index contributed by atoms with van der Waals surface area (Å²) in [7, 11) is 0. The van der Waals surface area contributed by atoms with E-state index in [4.69, 9.17) is 37.9 Å². The number of benzene rings is 1. The van der Waals surface area contributed by atoms with E-state index in [1.165, 1.54) is 57.4 Å². The fraction of sp³-hybridized carbons (Fsp3) is 0.556. The highest BCUT2D eigenvalue weighted by molar-refractivity contribution is 5.90. The second kappa shape index (κ2) is 16.3. The lowest BCUT2D eigenvalue weighted by atomic mass is 9.53. The first-order chi connectivity index (χ1) is 28.5. The van der Waals surface area contributed by atoms with Gasteiger partial charge < -0.3 is 37.9 Å². The zero-order valence-corrected chi connectivity index (χ0v) is 36.0. The number of rotatable bonds is 11. The Morgan fingerprint density at radius 1 is 0.754 bits per heavy atom. The minimum atomic E-state index is -2.22. The van der Waals surface area contributed by atoms with E-state index in [2.05, 4.69) is 4.98 Å². The Labute approximate surface area is 353 Å². The molecule has 4 aliphatic rings. The third-order valence-electron chi connectivity index (χ3n) is 12.5. The number of hydrogen-bond acceptors (Lipinski definition) is 16. The van der Waals surface area contributed by atoms with Gasteiger partial charge in [0, 0.05) is 58.3 Å². The second-order valence-electron chi connectivity index (χ2n) is 17.6. The van der Waals surface area contributed by atoms with Gasteiger partial charge in [0.2, 0.25) is 0 Å². The molecule has 1 aromatic carbocycles. The van der Waals surface area contributed by atoms with Crippen molar-refractivity contribution < 1.29 is 71.5 Å². The summed E-state index contributed by atoms with van der Waals surface area (Å²) in [6, 6.07) is 11.0. The number of esters is 7. The van der Waals surface area contributed by atoms with Crippen molar-refractivity contribution in [3.63, 3.8) is 0 Å². The Bertz CT molecular complexity index is 2100. The van der Waals surface area contributed by atoms with E-state index in [-0.39, 0.29) is 17.7 Å². The molecule has 2 saturated carbocycles. The molecule has 0 amide bonds. The van der Waals surface area contributed by atoms with Gasteiger partial charge in [0.15, 0.2) is 23.4 Å². The zero-order valence-electron chi connectivity index (χ0n) is 36.0. The number of hydrogen-bond donors (Lipinski definition) is 0. The van der Waals surface area contributed by atoms with Gasteiger partial charge in [-0.05, 0) is 58.0 Å². The molecule has 3 aliphatic carbocycles. The van der Waals surface area contributed by atoms with Crippen molar-refractivity contribution >= 4 is 41.8 Å². The molecule has 1 saturated heterocycles. The quantitative estimate of drug-likeness (QED) is 0.167. The van der Waals surface area contributed by atoms with Gasteiger partial charge in [-0.1, -0.05) is 38.1 Å². The van der Waals surface area contributed by atoms with Crippen LogP contribution in [0.4, 0.5) is 0 Å². The molecule has 0 unspecified atom stereocenters. The number of pyridine rings is 1. The van der Waals surface area contributed by atoms with Gasteiger partial charge in [0.25, 0.3) is 0 Å². The molecule has 2 aromatic rings. The van der Waals surface area contributed by atoms with Crippen molar-refractivity contribution in [2.45, 2.75) is 122 Å². The van der Waals surface area contributed by atoms with Gasteiger partial charge in [-0.2, -0.15) is 0 Å². The van der Waals surface area contributed by atoms with Gasteiger partial charge in [0.05, 0.1) is 35.0 Å². The molecule has 1 aliphatic heterocycles. The third-order valence-corrected chi connectivity index (χ3v) is 12.5. The van der Waals surface area contributed by atoms with Crippen molar-refractivity contribution in [1.82, 2.24) is 4.98 Å². The summed E-state index contributed by atoms with van der Waals surface area (Å²) in [4.78, 5) is 100.0. The van der Waals surface area contributed by atoms with Crippen LogP contribution in [0.25, 0.3) is 0 Å². The smallest absolute Gasteiger partial charge is 0.340 e. The van der Waals surface area contributed by atoms with Gasteiger partial charge >= 0.3 is 41.8 Å². The number of fused-ring (bicyclic) bond motifs is 1. The highest BCUT2D eigenvalue weighted by Gasteiger charge is 2.85. The van der Waals surface area contributed by atoms with Gasteiger partial charge in [-0.15, -0.1) is 0 Å². The molecule has 2 heterocycles. The van der Waals surface area contributed by atoms with E-state index >= 15 is 0 Å². The predicted octanol–water partition coefficient (Wildman–Crippen LogP) is 4.91. The van der Waals surface area contributed by atoms with Crippen LogP contribution in [-0.4, -0.2) is 100 Å². The van der Waals surface area contributed by atoms with Crippen LogP contribution in [0.5, 0.6) is 0 Å². The van der Waals surface area contributed by atoms with Crippen LogP contribution in [0.3, 0.4) is 0 Å². The van der Waals surface area contributed by atoms with E-state index in [1.807, 2.05) is 0 Å². The SMILES string of the molecule is CC(=O)O[C@@H]1[C@H]2[C@@H](OC(=O)c3cccnc3)[C@](C)(OC(=O)C(C)C)C[C@]2(OC(C)=O)[C@H](OC(=O)c2ccccc2)[C@]2(C)OC[C@]13[C@H](OC(C)=O)C=C[C@H](C(C)(C)OC(C)=O)[C@@H]23. The van der Waals surface area contributed by atoms with E-state index in [9.17, 15) is 33.6 Å². The molecule has 0 spiro atoms. The minimum absolute atomic E-state index is 0.00387. The highest BCUT2D eigenvalue weighted by Crippen LogP contribution is 2.70. The van der Waals surface area contributed by atoms with E-state index in [0.29, 0.717) is 0 Å². The molecule has 6 rings (SSSR count). The first-order valence-electron chi connectivity index (χ1n) is 20.2. The molecule has 328 valence electrons. The Hall–Kier alpha value is -5.64. The summed E-state index contributed by atoms with van der Waals surface area (Å²) in [5.41, 5.74) is -8.92. The molecule has 11 atom stereocenters. The van der Waals surface area contributed by atoms with Crippen LogP contribution < -0.4 is 0 Å². The molecule has 2 bridgehead atoms. The van der Waals surface area contributed by atoms with Crippen molar-refractivity contribution in [3.8, 4) is 0 Å². The summed E-state index contributed by atoms with van der Waals surface area (Å²) in [6.45, 7) is 14.1. The van der Waals surface area contributed by atoms with E-state index < -0.39 is 124 Å². The first kappa shape index (κ1) is 44.9. The first-order valence-corrected chi connectivity index (χ1v) is 20.2. The monoisotopic (exact) mass is 847 g/mol. The number of nitrogens with zero attached hydrogens (tertiary/aromatic N) is 1. The topological polar surface area (TPSA) is 206 Å². The fourth-order valence-electron chi connectivity index (χ4n) is 10.5. The molecule has 0 N–H and O–H groups in total. The molecule has 16 nitrogen and oxygen atoms in total. The number of aromatic nitrogens is 1. The lowest BCUT2D eigenvalue weighted by Crippen LogP contribution is -2.64. The summed E-state index contributed by atoms with van der Waals surface area (Å²) >= 11 is 0. The number of carbonyl (C=O) groups is 7. The minimum Gasteiger partial charge on any atom is -0.461 e. The van der Waals surface area contributed by atoms with Crippen LogP contribution in [0, 0.1) is 29.1 Å². The summed E-state index contributed by atoms with van der Waals surface area (Å²) in [5, 5.41) is 0. The largest absolute Gasteiger partial charge is 0.461 e. The van der Waals surface area contributed by atoms with Crippen molar-refractivity contribution in [2.75, 3.05) is 6.61 Å². The van der Waals surface area contributed by atoms with Crippen molar-refractivity contribution in [1.29, 1.82) is 0 Å². The molecule has 61 heavy (non-hydrogen) atoms. The fourth-order valence-corrected chi connectivity index (χ4v) is 10.5. The van der Waals surface area contributed by atoms with Crippen LogP contribution in [0.2, 0.25) is 0 Å². The number of carbonyl (C=O) groups excluding carboxylic acids is 7. The Balaban J connectivity index is 1.76. The molecular weight excluding hydrogens is 794 g/mol. The molecule has 0 radical (unpaired) electrons. The predicted molar refractivity (Wildman–Crippen MR) is 211 cm³/mol. The second-order valence-corrected chi connectivity index (χ2v) is 17.6. The average molecular weight is 848 g/mol. The normalized spacial score (nSPS) is 33.5. The van der Waals surface area contributed by atoms with Gasteiger partial charge in [-0.3, -0.25) is 29.0 Å². The Morgan fingerprint density at radius 2 is 1.39 bits per heavy atom. The third kappa shape index (κ3) is 7.90. The van der Waals surface area contributed by atoms with Gasteiger partial charge in [-0.25, -0.2) is 9.59 Å². The maximum atomic E-state index is 14.5. The lowest BCUT2D eigenvalue weighted by molar-refractivity contribution is -0.237. The molecule has 3 fully saturated rings. The summed E-state index contributed by atoms with van der Waals surface area (Å²) in [6.07, 6.45) is -0.712. The van der Waals surface area contributed by atoms with Crippen LogP contribution in [0.15, 0.2) is 67.0 Å². The van der Waals surface area contributed by atoms with E-state index in [1.54, 1.807) is 65.0 Å². The van der Waals surface area contributed by atoms with Crippen LogP contribution >= 0.6 is 0 Å². The van der Waals surface area contributed by atoms with Gasteiger partial charge in [0.1, 0.15) is 23.4 Å². The molecule has 1 aromatic heterocycles. The standard InChI is InChI=1S/C45H53NO15/c1-24(2)37(51)61-42(9)22-45(60-28(6)50)33(35(42)57-39(53)30-17-14-20-46-21-30)36(56-26(4)48)44-23-54-43(10,40(45)58-38(52)29-15-12-11-13-16-29)34(44)31(41(7,8)59-27(5)49)18-19-32(44)55-25(3)47/h11-21,24,31-36,40H,22-23H2,1-10H3/t31-,32+,33+,34-,35+,36+,40+,42+,43+,44+,45+/m0/s1. The van der Waals surface area contributed by atoms with Crippen molar-refractivity contribution in [3.05, 3.63) is 78.1 Å². The lowest BCUT2D eigenvalue weighted by Gasteiger charge is -2.53. The summed E-state index contributed by atoms with van der Waals surface area (Å²) in [5.74, 6) is -9.82. The maximum Gasteiger partial charge on any atom is 0.340 e. The van der Waals surface area contributed by atoms with E-state index in [0.717, 1.165) is 13.8 Å². The van der Waals surface area contributed by atoms with Crippen molar-refractivity contribution in [2.24, 2.45) is 29.1 Å². The Morgan fingerprint density at radius 3 is 1.97 bits per heavy atom. The maximum absolute atomic E-state index is 14.5. The van der Waals surface area contributed by atoms with Crippen LogP contribution in [-0.2, 0) is 61.9 Å². The summed E-state index contributed by atoms with van der Waals surface area (Å²) < 4.78 is 51.3. The zero-order chi connectivity index (χ0) is 44.9.